The van der Waals surface area contributed by atoms with E-state index in [1.54, 1.807) is 23.6 Å². The number of hydrazine groups is 1. The monoisotopic (exact) mass is 1170 g/mol. The smallest absolute Gasteiger partial charge is 0.407 e. The van der Waals surface area contributed by atoms with Crippen LogP contribution in [0.3, 0.4) is 0 Å². The Balaban J connectivity index is 1.19. The molecule has 3 unspecified atom stereocenters. The summed E-state index contributed by atoms with van der Waals surface area (Å²) >= 11 is 0. The molecule has 2 bridgehead atoms. The Kier molecular flexibility index (Phi) is 19.1. The molecule has 2 aromatic carbocycles. The van der Waals surface area contributed by atoms with Crippen molar-refractivity contribution in [3.8, 4) is 23.0 Å². The van der Waals surface area contributed by atoms with Gasteiger partial charge in [0.15, 0.2) is 0 Å². The summed E-state index contributed by atoms with van der Waals surface area (Å²) < 4.78 is 161. The Hall–Kier alpha value is -7.22. The molecule has 0 spiro atoms. The first kappa shape index (κ1) is 62.4. The topological polar surface area (TPSA) is 205 Å². The lowest BCUT2D eigenvalue weighted by molar-refractivity contribution is -0.221. The summed E-state index contributed by atoms with van der Waals surface area (Å²) in [6, 6.07) is 3.85. The van der Waals surface area contributed by atoms with Gasteiger partial charge in [0, 0.05) is 72.9 Å². The number of nitrogens with zero attached hydrogens (tertiary/aromatic N) is 6. The van der Waals surface area contributed by atoms with Crippen molar-refractivity contribution in [2.75, 3.05) is 52.0 Å². The average molecular weight is 1170 g/mol. The zero-order chi connectivity index (χ0) is 60.2. The van der Waals surface area contributed by atoms with Crippen LogP contribution in [0.1, 0.15) is 74.9 Å². The number of halogens is 10. The largest absolute Gasteiger partial charge is 0.453 e. The van der Waals surface area contributed by atoms with Crippen molar-refractivity contribution in [3.05, 3.63) is 101 Å². The number of benzene rings is 2. The molecule has 82 heavy (non-hydrogen) atoms. The molecule has 4 amide bonds. The fourth-order valence-corrected chi connectivity index (χ4v) is 10.00. The SMILES string of the molecule is COC(=O)NC(C(=O)N[C@@H](Cc1ccc(C#Cc2cnc(N3CC4CCC(C3)N4C3COC3)c(C)c2)cc1)[C@@H](O)CN(Cc1c(F)cc(-c2cnn(C(F)F)c2)cc1F)NC(=O)[C@@H](NC(=O)OC)C(C)(C)C(F)(F)F)C(C)(C)C(F)(F)F. The minimum atomic E-state index is -5.23. The number of pyridine rings is 1. The Morgan fingerprint density at radius 1 is 0.780 bits per heavy atom. The second-order valence-corrected chi connectivity index (χ2v) is 21.5. The lowest BCUT2D eigenvalue weighted by Crippen LogP contribution is -2.63. The van der Waals surface area contributed by atoms with Crippen LogP contribution in [0.15, 0.2) is 61.1 Å². The van der Waals surface area contributed by atoms with Gasteiger partial charge in [0.05, 0.1) is 62.6 Å². The van der Waals surface area contributed by atoms with E-state index in [1.165, 1.54) is 12.1 Å². The number of amides is 4. The van der Waals surface area contributed by atoms with Gasteiger partial charge in [-0.25, -0.2) is 33.0 Å². The van der Waals surface area contributed by atoms with Gasteiger partial charge in [0.2, 0.25) is 5.91 Å². The van der Waals surface area contributed by atoms with Gasteiger partial charge in [0.25, 0.3) is 5.91 Å². The number of rotatable bonds is 19. The van der Waals surface area contributed by atoms with E-state index in [0.717, 1.165) is 77.1 Å². The highest BCUT2D eigenvalue weighted by Gasteiger charge is 2.57. The molecule has 3 saturated heterocycles. The summed E-state index contributed by atoms with van der Waals surface area (Å²) in [7, 11) is 1.61. The van der Waals surface area contributed by atoms with Crippen molar-refractivity contribution in [1.82, 2.24) is 46.0 Å². The fourth-order valence-electron chi connectivity index (χ4n) is 10.00. The molecule has 446 valence electrons. The highest BCUT2D eigenvalue weighted by molar-refractivity contribution is 5.87. The van der Waals surface area contributed by atoms with Crippen molar-refractivity contribution in [2.24, 2.45) is 10.8 Å². The number of alkyl halides is 8. The summed E-state index contributed by atoms with van der Waals surface area (Å²) in [5.74, 6) is 0.928. The maximum atomic E-state index is 16.1. The molecule has 0 aliphatic carbocycles. The number of piperazine rings is 1. The number of methoxy groups -OCH3 is 2. The van der Waals surface area contributed by atoms with Crippen LogP contribution in [0.5, 0.6) is 0 Å². The molecular formula is C54H62F10N10O8. The van der Waals surface area contributed by atoms with Gasteiger partial charge in [-0.1, -0.05) is 24.0 Å². The fraction of sp³-hybridized carbons (Fsp3) is 0.519. The summed E-state index contributed by atoms with van der Waals surface area (Å²) in [6.45, 7) is 2.00. The molecule has 7 rings (SSSR count). The Morgan fingerprint density at radius 2 is 1.33 bits per heavy atom. The molecule has 5 heterocycles. The Labute approximate surface area is 465 Å². The maximum Gasteiger partial charge on any atom is 0.407 e. The molecule has 5 N–H and O–H groups in total. The van der Waals surface area contributed by atoms with Crippen LogP contribution >= 0.6 is 0 Å². The molecule has 2 aromatic heterocycles. The third-order valence-electron chi connectivity index (χ3n) is 15.1. The second kappa shape index (κ2) is 25.1. The van der Waals surface area contributed by atoms with Crippen LogP contribution in [0.25, 0.3) is 11.1 Å². The first-order chi connectivity index (χ1) is 38.4. The lowest BCUT2D eigenvalue weighted by atomic mass is 9.82. The molecule has 0 radical (unpaired) electrons. The number of aliphatic hydroxyl groups is 1. The zero-order valence-corrected chi connectivity index (χ0v) is 45.5. The normalized spacial score (nSPS) is 18.4. The molecule has 18 nitrogen and oxygen atoms in total. The van der Waals surface area contributed by atoms with Gasteiger partial charge in [-0.15, -0.1) is 0 Å². The number of aromatic nitrogens is 3. The van der Waals surface area contributed by atoms with Gasteiger partial charge >= 0.3 is 31.1 Å². The van der Waals surface area contributed by atoms with Crippen molar-refractivity contribution >= 4 is 29.8 Å². The van der Waals surface area contributed by atoms with E-state index in [0.29, 0.717) is 74.1 Å². The summed E-state index contributed by atoms with van der Waals surface area (Å²) in [5.41, 5.74) is -3.27. The number of hydrogen-bond acceptors (Lipinski definition) is 13. The molecule has 4 aromatic rings. The molecule has 3 fully saturated rings. The van der Waals surface area contributed by atoms with E-state index in [9.17, 15) is 59.4 Å². The van der Waals surface area contributed by atoms with Crippen molar-refractivity contribution in [1.29, 1.82) is 0 Å². The number of nitrogens with one attached hydrogen (secondary N) is 4. The number of alkyl carbamates (subject to hydrolysis) is 2. The van der Waals surface area contributed by atoms with Gasteiger partial charge in [-0.3, -0.25) is 19.9 Å². The summed E-state index contributed by atoms with van der Waals surface area (Å²) in [4.78, 5) is 62.6. The van der Waals surface area contributed by atoms with Crippen molar-refractivity contribution in [2.45, 2.75) is 122 Å². The lowest BCUT2D eigenvalue weighted by Gasteiger charge is -2.48. The number of aryl methyl sites for hydroxylation is 1. The molecule has 3 aliphatic rings. The second-order valence-electron chi connectivity index (χ2n) is 21.5. The molecule has 6 atom stereocenters. The number of carbonyl (C=O) groups excluding carboxylic acids is 4. The van der Waals surface area contributed by atoms with Gasteiger partial charge in [-0.05, 0) is 101 Å². The van der Waals surface area contributed by atoms with Gasteiger partial charge in [0.1, 0.15) is 29.5 Å². The predicted molar refractivity (Wildman–Crippen MR) is 274 cm³/mol. The number of hydrogen-bond donors (Lipinski definition) is 5. The van der Waals surface area contributed by atoms with Crippen molar-refractivity contribution in [3.63, 3.8) is 0 Å². The quantitative estimate of drug-likeness (QED) is 0.0368. The number of fused-ring (bicyclic) bond motifs is 2. The molecule has 28 heteroatoms. The molecule has 3 aliphatic heterocycles. The van der Waals surface area contributed by atoms with E-state index in [-0.39, 0.29) is 21.4 Å². The maximum absolute atomic E-state index is 16.1. The first-order valence-electron chi connectivity index (χ1n) is 25.8. The number of ether oxygens (including phenoxy) is 3. The number of anilines is 1. The van der Waals surface area contributed by atoms with Crippen LogP contribution in [-0.2, 0) is 36.8 Å². The zero-order valence-electron chi connectivity index (χ0n) is 45.5. The third kappa shape index (κ3) is 14.2. The standard InChI is InChI=1S/C54H62F10N10O8/c1-29-16-32(20-65-45(29)71-23-35-14-15-36(24-71)74(35)37-27-82-28-37)13-10-30-8-11-31(12-9-30)17-41(67-46(76)43(68-49(78)80-6)51(2,3)53(59,60)61)42(75)26-72(70-47(77)44(69-50(79)81-7)52(4,5)54(62,63)64)25-38-39(55)18-33(19-40(38)56)34-21-66-73(22-34)48(57)58/h8-9,11-12,16,18-22,35-37,41-44,48,75H,14-15,17,23-28H2,1-7H3,(H,67,76)(H,68,78)(H,69,79)(H,70,77)/t35?,36?,41-,42-,43?,44+/m0/s1. The van der Waals surface area contributed by atoms with E-state index in [1.807, 2.05) is 23.7 Å². The predicted octanol–water partition coefficient (Wildman–Crippen LogP) is 6.93. The third-order valence-corrected chi connectivity index (χ3v) is 15.1. The minimum absolute atomic E-state index is 0.173. The summed E-state index contributed by atoms with van der Waals surface area (Å²) in [6.07, 6.45) is -10.5. The summed E-state index contributed by atoms with van der Waals surface area (Å²) in [5, 5.41) is 22.0. The number of carbonyl (C=O) groups is 4. The Bertz CT molecular complexity index is 2980. The average Bonchev–Trinajstić information content (AvgIpc) is 4.20. The van der Waals surface area contributed by atoms with E-state index in [2.05, 4.69) is 41.5 Å². The van der Waals surface area contributed by atoms with Crippen LogP contribution in [0, 0.1) is 41.2 Å². The minimum Gasteiger partial charge on any atom is -0.453 e. The van der Waals surface area contributed by atoms with Crippen LogP contribution < -0.4 is 26.3 Å². The highest BCUT2D eigenvalue weighted by atomic mass is 19.4. The number of aliphatic hydroxyl groups excluding tert-OH is 1. The Morgan fingerprint density at radius 3 is 1.82 bits per heavy atom. The highest BCUT2D eigenvalue weighted by Crippen LogP contribution is 2.42. The van der Waals surface area contributed by atoms with Crippen LogP contribution in [0.2, 0.25) is 0 Å². The van der Waals surface area contributed by atoms with E-state index in [4.69, 9.17) is 9.72 Å². The molecule has 0 saturated carbocycles. The van der Waals surface area contributed by atoms with Crippen molar-refractivity contribution < 1.29 is 82.4 Å². The van der Waals surface area contributed by atoms with E-state index >= 15 is 8.78 Å². The van der Waals surface area contributed by atoms with E-state index < -0.39 is 115 Å². The van der Waals surface area contributed by atoms with Gasteiger partial charge in [-0.2, -0.15) is 40.2 Å². The molecular weight excluding hydrogens is 1110 g/mol. The van der Waals surface area contributed by atoms with Crippen LogP contribution in [0.4, 0.5) is 59.3 Å². The van der Waals surface area contributed by atoms with Gasteiger partial charge < -0.3 is 40.2 Å². The first-order valence-corrected chi connectivity index (χ1v) is 25.8. The van der Waals surface area contributed by atoms with Crippen LogP contribution in [-0.4, -0.2) is 156 Å².